The van der Waals surface area contributed by atoms with Crippen LogP contribution in [0.15, 0.2) is 66.9 Å². The number of nitrogens with one attached hydrogen (secondary N) is 1. The van der Waals surface area contributed by atoms with E-state index in [2.05, 4.69) is 10.3 Å². The van der Waals surface area contributed by atoms with E-state index < -0.39 is 36.3 Å². The van der Waals surface area contributed by atoms with E-state index in [9.17, 15) is 28.3 Å². The smallest absolute Gasteiger partial charge is 0.326 e. The Hall–Kier alpha value is -4.14. The van der Waals surface area contributed by atoms with E-state index in [1.807, 2.05) is 0 Å². The molecule has 1 fully saturated rings. The molecule has 5 rings (SSSR count). The van der Waals surface area contributed by atoms with Crippen molar-refractivity contribution in [3.8, 4) is 11.1 Å². The van der Waals surface area contributed by atoms with Gasteiger partial charge in [0.25, 0.3) is 11.8 Å². The summed E-state index contributed by atoms with van der Waals surface area (Å²) in [5.74, 6) is -5.65. The summed E-state index contributed by atoms with van der Waals surface area (Å²) in [4.78, 5) is 42.8. The summed E-state index contributed by atoms with van der Waals surface area (Å²) in [5.41, 5.74) is 1.18. The van der Waals surface area contributed by atoms with Gasteiger partial charge in [-0.05, 0) is 41.8 Å². The number of carboxylic acids is 1. The number of amides is 2. The second-order valence-electron chi connectivity index (χ2n) is 8.65. The zero-order chi connectivity index (χ0) is 24.7. The fraction of sp³-hybridized carbons (Fsp3) is 0.231. The van der Waals surface area contributed by atoms with Gasteiger partial charge in [-0.2, -0.15) is 8.78 Å². The molecule has 2 aromatic carbocycles. The van der Waals surface area contributed by atoms with Gasteiger partial charge in [0.1, 0.15) is 6.04 Å². The third kappa shape index (κ3) is 3.92. The van der Waals surface area contributed by atoms with Crippen LogP contribution in [0.3, 0.4) is 0 Å². The van der Waals surface area contributed by atoms with Crippen molar-refractivity contribution in [2.45, 2.75) is 24.3 Å². The van der Waals surface area contributed by atoms with Crippen molar-refractivity contribution in [1.29, 1.82) is 0 Å². The van der Waals surface area contributed by atoms with Crippen LogP contribution in [0.2, 0.25) is 0 Å². The van der Waals surface area contributed by atoms with Gasteiger partial charge in [0.15, 0.2) is 0 Å². The molecule has 0 radical (unpaired) electrons. The molecule has 1 saturated heterocycles. The largest absolute Gasteiger partial charge is 0.480 e. The summed E-state index contributed by atoms with van der Waals surface area (Å²) in [6, 6.07) is 14.4. The van der Waals surface area contributed by atoms with Crippen LogP contribution in [0.25, 0.3) is 11.1 Å². The molecular weight excluding hydrogens is 456 g/mol. The number of hydrogen-bond donors (Lipinski definition) is 2. The van der Waals surface area contributed by atoms with Crippen LogP contribution < -0.4 is 5.32 Å². The minimum Gasteiger partial charge on any atom is -0.480 e. The first-order valence-electron chi connectivity index (χ1n) is 11.1. The van der Waals surface area contributed by atoms with Crippen LogP contribution in [-0.2, 0) is 15.5 Å². The summed E-state index contributed by atoms with van der Waals surface area (Å²) < 4.78 is 29.5. The number of carbonyl (C=O) groups is 3. The van der Waals surface area contributed by atoms with E-state index in [0.29, 0.717) is 11.3 Å². The lowest BCUT2D eigenvalue weighted by Crippen LogP contribution is -2.45. The standard InChI is InChI=1S/C26H21F2N3O4/c27-26(28)19-6-2-1-5-17(19)18-11-15(8-9-20(18)26)24(33)30-13-23(32)31-14-16(12-22(31)25(34)35)21-7-3-4-10-29-21/h1-11,16,22H,12-14H2,(H,30,33)(H,34,35)/t16-,22-/m0/s1. The molecule has 2 atom stereocenters. The highest BCUT2D eigenvalue weighted by Crippen LogP contribution is 2.50. The third-order valence-electron chi connectivity index (χ3n) is 6.59. The van der Waals surface area contributed by atoms with Crippen molar-refractivity contribution < 1.29 is 28.3 Å². The number of halogens is 2. The second kappa shape index (κ2) is 8.57. The van der Waals surface area contributed by atoms with Crippen LogP contribution in [0.5, 0.6) is 0 Å². The minimum absolute atomic E-state index is 0.112. The second-order valence-corrected chi connectivity index (χ2v) is 8.65. The maximum atomic E-state index is 14.7. The molecule has 2 aliphatic rings. The average Bonchev–Trinajstić information content (AvgIpc) is 3.41. The van der Waals surface area contributed by atoms with Gasteiger partial charge in [-0.3, -0.25) is 14.6 Å². The molecule has 0 unspecified atom stereocenters. The molecule has 0 bridgehead atoms. The van der Waals surface area contributed by atoms with E-state index in [-0.39, 0.29) is 41.1 Å². The van der Waals surface area contributed by atoms with Crippen molar-refractivity contribution in [1.82, 2.24) is 15.2 Å². The van der Waals surface area contributed by atoms with Crippen molar-refractivity contribution in [2.75, 3.05) is 13.1 Å². The van der Waals surface area contributed by atoms with E-state index in [4.69, 9.17) is 0 Å². The highest BCUT2D eigenvalue weighted by atomic mass is 19.3. The van der Waals surface area contributed by atoms with Gasteiger partial charge in [0, 0.05) is 41.0 Å². The molecule has 35 heavy (non-hydrogen) atoms. The van der Waals surface area contributed by atoms with E-state index >= 15 is 0 Å². The summed E-state index contributed by atoms with van der Waals surface area (Å²) in [5, 5.41) is 12.1. The zero-order valence-corrected chi connectivity index (χ0v) is 18.4. The van der Waals surface area contributed by atoms with Gasteiger partial charge in [-0.15, -0.1) is 0 Å². The number of carboxylic acid groups (broad SMARTS) is 1. The lowest BCUT2D eigenvalue weighted by atomic mass is 10.0. The van der Waals surface area contributed by atoms with E-state index in [0.717, 1.165) is 0 Å². The first-order valence-corrected chi connectivity index (χ1v) is 11.1. The molecule has 0 spiro atoms. The lowest BCUT2D eigenvalue weighted by molar-refractivity contribution is -0.147. The Labute approximate surface area is 199 Å². The number of aliphatic carboxylic acids is 1. The van der Waals surface area contributed by atoms with Gasteiger partial charge in [-0.25, -0.2) is 4.79 Å². The molecule has 3 aromatic rings. The van der Waals surface area contributed by atoms with Gasteiger partial charge in [0.05, 0.1) is 6.54 Å². The third-order valence-corrected chi connectivity index (χ3v) is 6.59. The number of aromatic nitrogens is 1. The first-order chi connectivity index (χ1) is 16.8. The molecule has 178 valence electrons. The number of benzene rings is 2. The van der Waals surface area contributed by atoms with E-state index in [1.165, 1.54) is 29.2 Å². The molecule has 2 N–H and O–H groups in total. The van der Waals surface area contributed by atoms with Crippen LogP contribution in [0.4, 0.5) is 8.78 Å². The Morgan fingerprint density at radius 3 is 2.51 bits per heavy atom. The van der Waals surface area contributed by atoms with Crippen molar-refractivity contribution in [3.05, 3.63) is 89.2 Å². The summed E-state index contributed by atoms with van der Waals surface area (Å²) in [7, 11) is 0. The average molecular weight is 477 g/mol. The van der Waals surface area contributed by atoms with Crippen LogP contribution in [0.1, 0.15) is 39.5 Å². The number of likely N-dealkylation sites (tertiary alicyclic amines) is 1. The first kappa shape index (κ1) is 22.6. The molecule has 1 aliphatic carbocycles. The van der Waals surface area contributed by atoms with Crippen molar-refractivity contribution in [2.24, 2.45) is 0 Å². The number of alkyl halides is 2. The highest BCUT2D eigenvalue weighted by molar-refractivity contribution is 5.99. The molecule has 1 aliphatic heterocycles. The SMILES string of the molecule is O=C(NCC(=O)N1C[C@@H](c2ccccn2)C[C@H]1C(=O)O)c1ccc2c(c1)-c1ccccc1C2(F)F. The normalized spacial score (nSPS) is 19.7. The molecule has 7 nitrogen and oxygen atoms in total. The molecule has 2 amide bonds. The lowest BCUT2D eigenvalue weighted by Gasteiger charge is -2.21. The number of rotatable bonds is 5. The number of fused-ring (bicyclic) bond motifs is 3. The topological polar surface area (TPSA) is 99.6 Å². The Bertz CT molecular complexity index is 1330. The fourth-order valence-corrected chi connectivity index (χ4v) is 4.86. The minimum atomic E-state index is -3.15. The Balaban J connectivity index is 1.30. The summed E-state index contributed by atoms with van der Waals surface area (Å²) >= 11 is 0. The maximum absolute atomic E-state index is 14.7. The zero-order valence-electron chi connectivity index (χ0n) is 18.4. The quantitative estimate of drug-likeness (QED) is 0.587. The van der Waals surface area contributed by atoms with Gasteiger partial charge >= 0.3 is 5.97 Å². The fourth-order valence-electron chi connectivity index (χ4n) is 4.86. The van der Waals surface area contributed by atoms with Crippen LogP contribution in [0, 0.1) is 0 Å². The number of hydrogen-bond acceptors (Lipinski definition) is 4. The van der Waals surface area contributed by atoms with Crippen molar-refractivity contribution in [3.63, 3.8) is 0 Å². The molecule has 0 saturated carbocycles. The van der Waals surface area contributed by atoms with Gasteiger partial charge in [-0.1, -0.05) is 36.4 Å². The Morgan fingerprint density at radius 1 is 1.03 bits per heavy atom. The van der Waals surface area contributed by atoms with Gasteiger partial charge in [0.2, 0.25) is 5.91 Å². The monoisotopic (exact) mass is 477 g/mol. The van der Waals surface area contributed by atoms with Crippen LogP contribution >= 0.6 is 0 Å². The van der Waals surface area contributed by atoms with Crippen molar-refractivity contribution >= 4 is 17.8 Å². The predicted octanol–water partition coefficient (Wildman–Crippen LogP) is 3.40. The number of carbonyl (C=O) groups excluding carboxylic acids is 2. The summed E-state index contributed by atoms with van der Waals surface area (Å²) in [6.07, 6.45) is 1.84. The maximum Gasteiger partial charge on any atom is 0.326 e. The number of nitrogens with zero attached hydrogens (tertiary/aromatic N) is 2. The highest BCUT2D eigenvalue weighted by Gasteiger charge is 2.44. The Morgan fingerprint density at radius 2 is 1.77 bits per heavy atom. The summed E-state index contributed by atoms with van der Waals surface area (Å²) in [6.45, 7) is -0.241. The van der Waals surface area contributed by atoms with Crippen LogP contribution in [-0.4, -0.2) is 51.9 Å². The molecule has 1 aromatic heterocycles. The Kier molecular flexibility index (Phi) is 5.55. The molecule has 9 heteroatoms. The molecular formula is C26H21F2N3O4. The molecule has 2 heterocycles. The predicted molar refractivity (Wildman–Crippen MR) is 122 cm³/mol. The van der Waals surface area contributed by atoms with Gasteiger partial charge < -0.3 is 15.3 Å². The number of pyridine rings is 1. The van der Waals surface area contributed by atoms with E-state index in [1.54, 1.807) is 42.6 Å².